The molecule has 0 N–H and O–H groups in total. The minimum absolute atomic E-state index is 0.219. The van der Waals surface area contributed by atoms with E-state index < -0.39 is 0 Å². The summed E-state index contributed by atoms with van der Waals surface area (Å²) in [6.45, 7) is 9.00. The molecule has 17 heavy (non-hydrogen) atoms. The molecule has 0 aromatic heterocycles. The van der Waals surface area contributed by atoms with Gasteiger partial charge in [-0.1, -0.05) is 45.9 Å². The maximum atomic E-state index is 12.5. The summed E-state index contributed by atoms with van der Waals surface area (Å²) >= 11 is 0. The van der Waals surface area contributed by atoms with Gasteiger partial charge in [-0.25, -0.2) is 0 Å². The molecule has 1 aliphatic heterocycles. The van der Waals surface area contributed by atoms with Crippen molar-refractivity contribution in [2.75, 3.05) is 11.4 Å². The first-order valence-electron chi connectivity index (χ1n) is 6.29. The Labute approximate surface area is 104 Å². The second-order valence-corrected chi connectivity index (χ2v) is 6.10. The first-order valence-corrected chi connectivity index (χ1v) is 6.29. The lowest BCUT2D eigenvalue weighted by Gasteiger charge is -2.36. The number of para-hydroxylation sites is 1. The highest BCUT2D eigenvalue weighted by molar-refractivity contribution is 5.98. The first-order chi connectivity index (χ1) is 7.89. The van der Waals surface area contributed by atoms with Gasteiger partial charge in [-0.3, -0.25) is 4.79 Å². The van der Waals surface area contributed by atoms with Gasteiger partial charge in [0.05, 0.1) is 0 Å². The Bertz CT molecular complexity index is 431. The maximum absolute atomic E-state index is 12.5. The molecular weight excluding hydrogens is 210 g/mol. The second-order valence-electron chi connectivity index (χ2n) is 6.10. The van der Waals surface area contributed by atoms with Crippen molar-refractivity contribution in [3.05, 3.63) is 29.8 Å². The first kappa shape index (κ1) is 12.2. The van der Waals surface area contributed by atoms with Crippen LogP contribution in [0, 0.1) is 11.3 Å². The van der Waals surface area contributed by atoms with E-state index in [0.29, 0.717) is 5.92 Å². The monoisotopic (exact) mass is 231 g/mol. The van der Waals surface area contributed by atoms with Crippen LogP contribution in [0.5, 0.6) is 0 Å². The SMILES string of the molecule is CC1Cc2ccccc2N(C(=O)C(C)(C)C)C1. The molecule has 0 saturated heterocycles. The molecule has 1 aliphatic rings. The summed E-state index contributed by atoms with van der Waals surface area (Å²) in [6, 6.07) is 8.26. The Morgan fingerprint density at radius 3 is 2.59 bits per heavy atom. The molecule has 0 fully saturated rings. The van der Waals surface area contributed by atoms with E-state index in [-0.39, 0.29) is 11.3 Å². The van der Waals surface area contributed by atoms with Crippen molar-refractivity contribution in [3.63, 3.8) is 0 Å². The van der Waals surface area contributed by atoms with Gasteiger partial charge >= 0.3 is 0 Å². The third-order valence-corrected chi connectivity index (χ3v) is 3.23. The fourth-order valence-corrected chi connectivity index (χ4v) is 2.39. The summed E-state index contributed by atoms with van der Waals surface area (Å²) < 4.78 is 0. The molecule has 1 amide bonds. The third kappa shape index (κ3) is 2.36. The van der Waals surface area contributed by atoms with Gasteiger partial charge in [-0.2, -0.15) is 0 Å². The molecule has 1 heterocycles. The van der Waals surface area contributed by atoms with Crippen LogP contribution in [0.3, 0.4) is 0 Å². The predicted molar refractivity (Wildman–Crippen MR) is 71.1 cm³/mol. The van der Waals surface area contributed by atoms with Crippen LogP contribution < -0.4 is 4.90 Å². The van der Waals surface area contributed by atoms with Crippen molar-refractivity contribution >= 4 is 11.6 Å². The Hall–Kier alpha value is -1.31. The lowest BCUT2D eigenvalue weighted by molar-refractivity contribution is -0.126. The highest BCUT2D eigenvalue weighted by Crippen LogP contribution is 2.32. The van der Waals surface area contributed by atoms with Crippen LogP contribution >= 0.6 is 0 Å². The van der Waals surface area contributed by atoms with Gasteiger partial charge < -0.3 is 4.90 Å². The summed E-state index contributed by atoms with van der Waals surface area (Å²) in [7, 11) is 0. The Morgan fingerprint density at radius 2 is 1.94 bits per heavy atom. The highest BCUT2D eigenvalue weighted by Gasteiger charge is 2.32. The largest absolute Gasteiger partial charge is 0.311 e. The molecule has 2 heteroatoms. The molecule has 0 radical (unpaired) electrons. The van der Waals surface area contributed by atoms with Crippen LogP contribution in [0.15, 0.2) is 24.3 Å². The van der Waals surface area contributed by atoms with Crippen molar-refractivity contribution in [3.8, 4) is 0 Å². The lowest BCUT2D eigenvalue weighted by Crippen LogP contribution is -2.44. The van der Waals surface area contributed by atoms with Crippen LogP contribution in [-0.4, -0.2) is 12.5 Å². The van der Waals surface area contributed by atoms with Crippen molar-refractivity contribution in [2.45, 2.75) is 34.1 Å². The third-order valence-electron chi connectivity index (χ3n) is 3.23. The zero-order valence-corrected chi connectivity index (χ0v) is 11.2. The number of carbonyl (C=O) groups is 1. The Morgan fingerprint density at radius 1 is 1.29 bits per heavy atom. The molecule has 0 saturated carbocycles. The smallest absolute Gasteiger partial charge is 0.232 e. The van der Waals surface area contributed by atoms with Gasteiger partial charge in [0.25, 0.3) is 0 Å². The standard InChI is InChI=1S/C15H21NO/c1-11-9-12-7-5-6-8-13(12)16(10-11)14(17)15(2,3)4/h5-8,11H,9-10H2,1-4H3. The van der Waals surface area contributed by atoms with E-state index in [1.54, 1.807) is 0 Å². The van der Waals surface area contributed by atoms with Crippen molar-refractivity contribution < 1.29 is 4.79 Å². The average Bonchev–Trinajstić information content (AvgIpc) is 2.25. The highest BCUT2D eigenvalue weighted by atomic mass is 16.2. The van der Waals surface area contributed by atoms with Gasteiger partial charge in [-0.05, 0) is 24.0 Å². The second kappa shape index (κ2) is 4.17. The molecular formula is C15H21NO. The van der Waals surface area contributed by atoms with E-state index >= 15 is 0 Å². The fourth-order valence-electron chi connectivity index (χ4n) is 2.39. The number of hydrogen-bond acceptors (Lipinski definition) is 1. The minimum Gasteiger partial charge on any atom is -0.311 e. The van der Waals surface area contributed by atoms with E-state index in [9.17, 15) is 4.79 Å². The van der Waals surface area contributed by atoms with Gasteiger partial charge in [0.1, 0.15) is 0 Å². The number of amides is 1. The zero-order chi connectivity index (χ0) is 12.6. The normalized spacial score (nSPS) is 20.0. The summed E-state index contributed by atoms with van der Waals surface area (Å²) in [5, 5.41) is 0. The van der Waals surface area contributed by atoms with Crippen LogP contribution in [0.4, 0.5) is 5.69 Å². The number of carbonyl (C=O) groups excluding carboxylic acids is 1. The van der Waals surface area contributed by atoms with Crippen LogP contribution in [-0.2, 0) is 11.2 Å². The quantitative estimate of drug-likeness (QED) is 0.671. The molecule has 0 aliphatic carbocycles. The fraction of sp³-hybridized carbons (Fsp3) is 0.533. The van der Waals surface area contributed by atoms with Gasteiger partial charge in [0, 0.05) is 17.6 Å². The molecule has 92 valence electrons. The minimum atomic E-state index is -0.315. The van der Waals surface area contributed by atoms with Crippen molar-refractivity contribution in [1.29, 1.82) is 0 Å². The molecule has 1 aromatic rings. The topological polar surface area (TPSA) is 20.3 Å². The van der Waals surface area contributed by atoms with Gasteiger partial charge in [-0.15, -0.1) is 0 Å². The number of fused-ring (bicyclic) bond motifs is 1. The average molecular weight is 231 g/mol. The molecule has 1 unspecified atom stereocenters. The van der Waals surface area contributed by atoms with E-state index in [2.05, 4.69) is 25.1 Å². The molecule has 2 rings (SSSR count). The van der Waals surface area contributed by atoms with E-state index in [4.69, 9.17) is 0 Å². The predicted octanol–water partition coefficient (Wildman–Crippen LogP) is 3.26. The van der Waals surface area contributed by atoms with Crippen LogP contribution in [0.1, 0.15) is 33.3 Å². The number of nitrogens with zero attached hydrogens (tertiary/aromatic N) is 1. The summed E-state index contributed by atoms with van der Waals surface area (Å²) in [5.41, 5.74) is 2.08. The molecule has 2 nitrogen and oxygen atoms in total. The zero-order valence-electron chi connectivity index (χ0n) is 11.2. The summed E-state index contributed by atoms with van der Waals surface area (Å²) in [4.78, 5) is 14.4. The lowest BCUT2D eigenvalue weighted by atomic mass is 9.89. The van der Waals surface area contributed by atoms with Crippen molar-refractivity contribution in [1.82, 2.24) is 0 Å². The number of hydrogen-bond donors (Lipinski definition) is 0. The Balaban J connectivity index is 2.40. The maximum Gasteiger partial charge on any atom is 0.232 e. The van der Waals surface area contributed by atoms with E-state index in [1.807, 2.05) is 31.7 Å². The Kier molecular flexibility index (Phi) is 2.98. The summed E-state index contributed by atoms with van der Waals surface area (Å²) in [5.74, 6) is 0.757. The molecule has 0 spiro atoms. The van der Waals surface area contributed by atoms with Crippen LogP contribution in [0.25, 0.3) is 0 Å². The number of benzene rings is 1. The number of rotatable bonds is 0. The van der Waals surface area contributed by atoms with Gasteiger partial charge in [0.2, 0.25) is 5.91 Å². The van der Waals surface area contributed by atoms with Crippen LogP contribution in [0.2, 0.25) is 0 Å². The van der Waals surface area contributed by atoms with E-state index in [0.717, 1.165) is 18.7 Å². The van der Waals surface area contributed by atoms with Crippen molar-refractivity contribution in [2.24, 2.45) is 11.3 Å². The molecule has 1 atom stereocenters. The number of anilines is 1. The summed E-state index contributed by atoms with van der Waals surface area (Å²) in [6.07, 6.45) is 1.07. The van der Waals surface area contributed by atoms with E-state index in [1.165, 1.54) is 5.56 Å². The van der Waals surface area contributed by atoms with Gasteiger partial charge in [0.15, 0.2) is 0 Å². The molecule has 1 aromatic carbocycles. The molecule has 0 bridgehead atoms.